The van der Waals surface area contributed by atoms with Crippen LogP contribution < -0.4 is 10.5 Å². The predicted molar refractivity (Wildman–Crippen MR) is 90.7 cm³/mol. The molecular formula is C18H25N3O3. The number of rotatable bonds is 5. The Balaban J connectivity index is 1.58. The van der Waals surface area contributed by atoms with E-state index in [-0.39, 0.29) is 23.8 Å². The van der Waals surface area contributed by atoms with E-state index < -0.39 is 0 Å². The van der Waals surface area contributed by atoms with Crippen molar-refractivity contribution in [2.75, 3.05) is 33.3 Å². The summed E-state index contributed by atoms with van der Waals surface area (Å²) in [5.74, 6) is 1.17. The molecule has 0 aromatic heterocycles. The van der Waals surface area contributed by atoms with Gasteiger partial charge in [0.25, 0.3) is 0 Å². The summed E-state index contributed by atoms with van der Waals surface area (Å²) in [6.45, 7) is 2.49. The first-order valence-corrected chi connectivity index (χ1v) is 8.53. The molecule has 0 aliphatic carbocycles. The molecule has 6 heteroatoms. The van der Waals surface area contributed by atoms with Crippen LogP contribution in [0.4, 0.5) is 0 Å². The van der Waals surface area contributed by atoms with E-state index in [0.717, 1.165) is 24.3 Å². The standard InChI is InChI=1S/C18H25N3O3/c1-24-14-5-2-4-13(10-14)15-11-21(12-16(15)19)18(23)7-9-20-8-3-6-17(20)22/h2,4-5,10,15-16H,3,6-9,11-12,19H2,1H3/t15-,16+/m0/s1. The fraction of sp³-hybridized carbons (Fsp3) is 0.556. The normalized spacial score (nSPS) is 23.8. The quantitative estimate of drug-likeness (QED) is 0.872. The number of carbonyl (C=O) groups is 2. The molecule has 2 aliphatic heterocycles. The number of methoxy groups -OCH3 is 1. The topological polar surface area (TPSA) is 75.9 Å². The Bertz CT molecular complexity index is 619. The summed E-state index contributed by atoms with van der Waals surface area (Å²) in [6.07, 6.45) is 1.89. The maximum atomic E-state index is 12.5. The molecule has 2 saturated heterocycles. The lowest BCUT2D eigenvalue weighted by molar-refractivity contribution is -0.132. The first-order valence-electron chi connectivity index (χ1n) is 8.53. The maximum absolute atomic E-state index is 12.5. The molecule has 0 unspecified atom stereocenters. The second-order valence-electron chi connectivity index (χ2n) is 6.58. The number of carbonyl (C=O) groups excluding carboxylic acids is 2. The van der Waals surface area contributed by atoms with E-state index in [9.17, 15) is 9.59 Å². The summed E-state index contributed by atoms with van der Waals surface area (Å²) in [5, 5.41) is 0. The fourth-order valence-electron chi connectivity index (χ4n) is 3.59. The minimum absolute atomic E-state index is 0.0746. The molecule has 2 N–H and O–H groups in total. The molecular weight excluding hydrogens is 306 g/mol. The van der Waals surface area contributed by atoms with Crippen LogP contribution in [0.2, 0.25) is 0 Å². The fourth-order valence-corrected chi connectivity index (χ4v) is 3.59. The molecule has 130 valence electrons. The molecule has 0 saturated carbocycles. The van der Waals surface area contributed by atoms with Crippen molar-refractivity contribution in [2.24, 2.45) is 5.73 Å². The smallest absolute Gasteiger partial charge is 0.224 e. The van der Waals surface area contributed by atoms with E-state index >= 15 is 0 Å². The van der Waals surface area contributed by atoms with Gasteiger partial charge < -0.3 is 20.3 Å². The van der Waals surface area contributed by atoms with E-state index in [4.69, 9.17) is 10.5 Å². The van der Waals surface area contributed by atoms with E-state index in [1.54, 1.807) is 12.0 Å². The third kappa shape index (κ3) is 3.53. The van der Waals surface area contributed by atoms with Crippen LogP contribution in [0.25, 0.3) is 0 Å². The monoisotopic (exact) mass is 331 g/mol. The molecule has 6 nitrogen and oxygen atoms in total. The van der Waals surface area contributed by atoms with Crippen LogP contribution in [-0.4, -0.2) is 60.9 Å². The molecule has 2 heterocycles. The van der Waals surface area contributed by atoms with Gasteiger partial charge in [0.15, 0.2) is 0 Å². The summed E-state index contributed by atoms with van der Waals surface area (Å²) >= 11 is 0. The number of amides is 2. The van der Waals surface area contributed by atoms with Gasteiger partial charge in [0.1, 0.15) is 5.75 Å². The highest BCUT2D eigenvalue weighted by atomic mass is 16.5. The summed E-state index contributed by atoms with van der Waals surface area (Å²) in [4.78, 5) is 27.7. The van der Waals surface area contributed by atoms with Gasteiger partial charge in [-0.05, 0) is 24.1 Å². The van der Waals surface area contributed by atoms with E-state index in [1.807, 2.05) is 29.2 Å². The van der Waals surface area contributed by atoms with Gasteiger partial charge in [-0.1, -0.05) is 12.1 Å². The van der Waals surface area contributed by atoms with Crippen molar-refractivity contribution in [2.45, 2.75) is 31.2 Å². The first-order chi connectivity index (χ1) is 11.6. The average molecular weight is 331 g/mol. The first kappa shape index (κ1) is 16.8. The Morgan fingerprint density at radius 1 is 1.38 bits per heavy atom. The second-order valence-corrected chi connectivity index (χ2v) is 6.58. The molecule has 2 aliphatic rings. The zero-order valence-electron chi connectivity index (χ0n) is 14.1. The van der Waals surface area contributed by atoms with Gasteiger partial charge in [0.2, 0.25) is 11.8 Å². The third-order valence-corrected chi connectivity index (χ3v) is 5.01. The molecule has 1 aromatic carbocycles. The van der Waals surface area contributed by atoms with E-state index in [0.29, 0.717) is 32.5 Å². The van der Waals surface area contributed by atoms with Crippen molar-refractivity contribution < 1.29 is 14.3 Å². The Hall–Kier alpha value is -2.08. The zero-order chi connectivity index (χ0) is 17.1. The van der Waals surface area contributed by atoms with Gasteiger partial charge >= 0.3 is 0 Å². The molecule has 2 fully saturated rings. The van der Waals surface area contributed by atoms with Crippen LogP contribution in [0.1, 0.15) is 30.7 Å². The van der Waals surface area contributed by atoms with Gasteiger partial charge in [-0.25, -0.2) is 0 Å². The molecule has 0 radical (unpaired) electrons. The molecule has 2 amide bonds. The highest BCUT2D eigenvalue weighted by Crippen LogP contribution is 2.29. The highest BCUT2D eigenvalue weighted by Gasteiger charge is 2.34. The summed E-state index contributed by atoms with van der Waals surface area (Å²) < 4.78 is 5.27. The minimum atomic E-state index is -0.0746. The summed E-state index contributed by atoms with van der Waals surface area (Å²) in [5.41, 5.74) is 7.38. The largest absolute Gasteiger partial charge is 0.497 e. The molecule has 2 atom stereocenters. The lowest BCUT2D eigenvalue weighted by Gasteiger charge is -2.19. The number of nitrogens with zero attached hydrogens (tertiary/aromatic N) is 2. The van der Waals surface area contributed by atoms with Crippen LogP contribution in [-0.2, 0) is 9.59 Å². The predicted octanol–water partition coefficient (Wildman–Crippen LogP) is 0.961. The van der Waals surface area contributed by atoms with Crippen LogP contribution in [0.15, 0.2) is 24.3 Å². The van der Waals surface area contributed by atoms with Crippen molar-refractivity contribution in [3.63, 3.8) is 0 Å². The molecule has 0 spiro atoms. The Morgan fingerprint density at radius 2 is 2.21 bits per heavy atom. The Kier molecular flexibility index (Phi) is 5.04. The third-order valence-electron chi connectivity index (χ3n) is 5.01. The van der Waals surface area contributed by atoms with Crippen LogP contribution in [0.5, 0.6) is 5.75 Å². The van der Waals surface area contributed by atoms with Gasteiger partial charge in [0.05, 0.1) is 7.11 Å². The number of nitrogens with two attached hydrogens (primary N) is 1. The van der Waals surface area contributed by atoms with Gasteiger partial charge in [-0.15, -0.1) is 0 Å². The Labute approximate surface area is 142 Å². The molecule has 1 aromatic rings. The maximum Gasteiger partial charge on any atom is 0.224 e. The van der Waals surface area contributed by atoms with Crippen molar-refractivity contribution in [3.8, 4) is 5.75 Å². The van der Waals surface area contributed by atoms with Crippen molar-refractivity contribution >= 4 is 11.8 Å². The number of hydrogen-bond acceptors (Lipinski definition) is 4. The van der Waals surface area contributed by atoms with Crippen molar-refractivity contribution in [3.05, 3.63) is 29.8 Å². The lowest BCUT2D eigenvalue weighted by atomic mass is 9.95. The van der Waals surface area contributed by atoms with Crippen LogP contribution in [0.3, 0.4) is 0 Å². The van der Waals surface area contributed by atoms with Gasteiger partial charge in [-0.2, -0.15) is 0 Å². The zero-order valence-corrected chi connectivity index (χ0v) is 14.1. The van der Waals surface area contributed by atoms with Crippen LogP contribution in [0, 0.1) is 0 Å². The molecule has 3 rings (SSSR count). The van der Waals surface area contributed by atoms with Crippen molar-refractivity contribution in [1.82, 2.24) is 9.80 Å². The minimum Gasteiger partial charge on any atom is -0.497 e. The average Bonchev–Trinajstić information content (AvgIpc) is 3.18. The number of likely N-dealkylation sites (tertiary alicyclic amines) is 2. The Morgan fingerprint density at radius 3 is 2.92 bits per heavy atom. The SMILES string of the molecule is COc1cccc([C@@H]2CN(C(=O)CCN3CCCC3=O)C[C@H]2N)c1. The molecule has 24 heavy (non-hydrogen) atoms. The number of benzene rings is 1. The molecule has 0 bridgehead atoms. The van der Waals surface area contributed by atoms with E-state index in [1.165, 1.54) is 0 Å². The van der Waals surface area contributed by atoms with Gasteiger partial charge in [0, 0.05) is 51.0 Å². The summed E-state index contributed by atoms with van der Waals surface area (Å²) in [6, 6.07) is 7.80. The second kappa shape index (κ2) is 7.21. The lowest BCUT2D eigenvalue weighted by Crippen LogP contribution is -2.35. The summed E-state index contributed by atoms with van der Waals surface area (Å²) in [7, 11) is 1.64. The number of hydrogen-bond donors (Lipinski definition) is 1. The number of ether oxygens (including phenoxy) is 1. The highest BCUT2D eigenvalue weighted by molar-refractivity contribution is 5.80. The van der Waals surface area contributed by atoms with E-state index in [2.05, 4.69) is 0 Å². The van der Waals surface area contributed by atoms with Gasteiger partial charge in [-0.3, -0.25) is 9.59 Å². The van der Waals surface area contributed by atoms with Crippen LogP contribution >= 0.6 is 0 Å². The van der Waals surface area contributed by atoms with Crippen molar-refractivity contribution in [1.29, 1.82) is 0 Å².